The van der Waals surface area contributed by atoms with Crippen LogP contribution in [0, 0.1) is 17.7 Å². The van der Waals surface area contributed by atoms with Gasteiger partial charge in [-0.2, -0.15) is 0 Å². The molecule has 0 saturated carbocycles. The zero-order valence-electron chi connectivity index (χ0n) is 32.2. The highest BCUT2D eigenvalue weighted by Gasteiger charge is 2.41. The van der Waals surface area contributed by atoms with Gasteiger partial charge in [0.05, 0.1) is 19.6 Å². The third-order valence-corrected chi connectivity index (χ3v) is 5.45. The van der Waals surface area contributed by atoms with Crippen LogP contribution in [-0.4, -0.2) is 50.2 Å². The van der Waals surface area contributed by atoms with Crippen molar-refractivity contribution in [3.63, 3.8) is 0 Å². The van der Waals surface area contributed by atoms with Gasteiger partial charge in [0, 0.05) is 46.5 Å². The Labute approximate surface area is 202 Å². The number of nitrogens with zero attached hydrogens (tertiary/aromatic N) is 1. The second kappa shape index (κ2) is 9.56. The lowest BCUT2D eigenvalue weighted by molar-refractivity contribution is -0.160. The van der Waals surface area contributed by atoms with Gasteiger partial charge in [-0.1, -0.05) is 27.6 Å². The van der Waals surface area contributed by atoms with Crippen molar-refractivity contribution in [2.45, 2.75) is 64.9 Å². The van der Waals surface area contributed by atoms with Crippen LogP contribution in [0.2, 0.25) is 0 Å². The highest BCUT2D eigenvalue weighted by Crippen LogP contribution is 2.44. The van der Waals surface area contributed by atoms with Gasteiger partial charge in [-0.25, -0.2) is 0 Å². The second-order valence-corrected chi connectivity index (χ2v) is 7.96. The molecule has 0 amide bonds. The number of carbonyl (C=O) groups excluding carboxylic acids is 1. The molecule has 1 aromatic rings. The van der Waals surface area contributed by atoms with E-state index in [1.54, 1.807) is 0 Å². The van der Waals surface area contributed by atoms with Crippen LogP contribution in [0.25, 0.3) is 0 Å². The number of ether oxygens (including phenoxy) is 3. The summed E-state index contributed by atoms with van der Waals surface area (Å²) in [5.41, 5.74) is 5.67. The lowest BCUT2D eigenvalue weighted by atomic mass is 9.79. The predicted molar refractivity (Wildman–Crippen MR) is 118 cm³/mol. The van der Waals surface area contributed by atoms with Gasteiger partial charge in [0.2, 0.25) is 0 Å². The molecule has 4 atom stereocenters. The van der Waals surface area contributed by atoms with Crippen LogP contribution in [0.15, 0.2) is 12.1 Å². The van der Waals surface area contributed by atoms with Crippen molar-refractivity contribution < 1.29 is 39.6 Å². The average molecular weight is 434 g/mol. The highest BCUT2D eigenvalue weighted by atomic mass is 16.5. The molecule has 1 fully saturated rings. The maximum absolute atomic E-state index is 13.4. The Morgan fingerprint density at radius 3 is 2.80 bits per heavy atom. The Balaban J connectivity index is 2.17. The Morgan fingerprint density at radius 2 is 2.13 bits per heavy atom. The largest absolute Gasteiger partial charge is 0.493 e. The van der Waals surface area contributed by atoms with E-state index in [1.807, 2.05) is 13.8 Å². The van der Waals surface area contributed by atoms with Crippen molar-refractivity contribution in [1.82, 2.24) is 4.90 Å². The number of hydrogen-bond donors (Lipinski definition) is 1. The van der Waals surface area contributed by atoms with E-state index >= 15 is 0 Å². The summed E-state index contributed by atoms with van der Waals surface area (Å²) < 4.78 is 136. The average Bonchev–Trinajstić information content (AvgIpc) is 2.84. The van der Waals surface area contributed by atoms with Crippen molar-refractivity contribution in [3.8, 4) is 11.5 Å². The Bertz CT molecular complexity index is 1260. The van der Waals surface area contributed by atoms with E-state index in [-0.39, 0.29) is 47.9 Å². The van der Waals surface area contributed by atoms with E-state index in [1.165, 1.54) is 18.1 Å². The number of fused-ring (bicyclic) bond motifs is 3. The molecule has 168 valence electrons. The van der Waals surface area contributed by atoms with E-state index in [0.717, 1.165) is 6.07 Å². The molecule has 30 heavy (non-hydrogen) atoms. The summed E-state index contributed by atoms with van der Waals surface area (Å²) in [4.78, 5) is 14.7. The number of carbonyl (C=O) groups is 1. The minimum Gasteiger partial charge on any atom is -0.493 e. The molecule has 2 aliphatic rings. The lowest BCUT2D eigenvalue weighted by Gasteiger charge is -2.47. The van der Waals surface area contributed by atoms with Crippen LogP contribution in [-0.2, 0) is 15.9 Å². The highest BCUT2D eigenvalue weighted by molar-refractivity contribution is 5.76. The van der Waals surface area contributed by atoms with E-state index in [4.69, 9.17) is 40.5 Å². The molecule has 0 bridgehead atoms. The van der Waals surface area contributed by atoms with Gasteiger partial charge in [-0.15, -0.1) is 0 Å². The topological polar surface area (TPSA) is 74.0 Å². The first kappa shape index (κ1) is 10.2. The minimum absolute atomic E-state index is 0.0744. The van der Waals surface area contributed by atoms with Crippen molar-refractivity contribution in [1.29, 1.82) is 0 Å². The van der Waals surface area contributed by atoms with Gasteiger partial charge in [0.25, 0.3) is 0 Å². The molecule has 0 aliphatic carbocycles. The van der Waals surface area contributed by atoms with E-state index in [0.29, 0.717) is 0 Å². The number of esters is 1. The van der Waals surface area contributed by atoms with Gasteiger partial charge >= 0.3 is 5.97 Å². The van der Waals surface area contributed by atoms with Crippen LogP contribution in [0.4, 0.5) is 0 Å². The summed E-state index contributed by atoms with van der Waals surface area (Å²) in [7, 11) is -1.73. The molecular weight excluding hydrogens is 380 g/mol. The Morgan fingerprint density at radius 1 is 1.37 bits per heavy atom. The molecular formula is C24H38N2O4. The zero-order valence-corrected chi connectivity index (χ0v) is 17.2. The maximum Gasteiger partial charge on any atom is 0.323 e. The Hall–Kier alpha value is -1.79. The molecule has 2 heterocycles. The summed E-state index contributed by atoms with van der Waals surface area (Å²) in [5.74, 6) is -6.83. The standard InChI is InChI=1S/C24H38N2O4/c1-14(2)9-17-13-26-8-7-16-10-21(28-5)22(29-6)11-18(16)19(26)12-20(17)30-24(27)23(25)15(3)4/h10-11,14-15,17,19-20,23H,7-9,12-13,25H2,1-6H3/t17?,19?,20?,23-/m0/s1/i3D3,4D3,6D3,7D2,8D2,15D,23D. The molecule has 0 radical (unpaired) electrons. The monoisotopic (exact) mass is 433 g/mol. The predicted octanol–water partition coefficient (Wildman–Crippen LogP) is 3.56. The number of benzene rings is 1. The van der Waals surface area contributed by atoms with Crippen molar-refractivity contribution >= 4 is 5.97 Å². The number of piperidine rings is 1. The molecule has 0 aromatic heterocycles. The number of hydrogen-bond acceptors (Lipinski definition) is 6. The van der Waals surface area contributed by atoms with Crippen molar-refractivity contribution in [2.75, 3.05) is 27.2 Å². The number of nitrogens with two attached hydrogens (primary N) is 1. The van der Waals surface area contributed by atoms with Crippen LogP contribution in [0.5, 0.6) is 11.5 Å². The molecule has 3 rings (SSSR count). The summed E-state index contributed by atoms with van der Waals surface area (Å²) in [6, 6.07) is -2.33. The second-order valence-electron chi connectivity index (χ2n) is 7.96. The smallest absolute Gasteiger partial charge is 0.323 e. The van der Waals surface area contributed by atoms with Gasteiger partial charge in [0.15, 0.2) is 11.5 Å². The minimum atomic E-state index is -3.79. The first-order valence-electron chi connectivity index (χ1n) is 17.2. The van der Waals surface area contributed by atoms with Crippen molar-refractivity contribution in [3.05, 3.63) is 23.3 Å². The first-order valence-corrected chi connectivity index (χ1v) is 9.72. The molecule has 2 aliphatic heterocycles. The van der Waals surface area contributed by atoms with Crippen LogP contribution >= 0.6 is 0 Å². The fraction of sp³-hybridized carbons (Fsp3) is 0.708. The number of methoxy groups -OCH3 is 2. The molecule has 2 N–H and O–H groups in total. The normalized spacial score (nSPS) is 38.3. The zero-order chi connectivity index (χ0) is 34.9. The number of rotatable bonds is 7. The van der Waals surface area contributed by atoms with Gasteiger partial charge in [-0.3, -0.25) is 9.69 Å². The van der Waals surface area contributed by atoms with Crippen LogP contribution in [0.3, 0.4) is 0 Å². The van der Waals surface area contributed by atoms with E-state index < -0.39 is 69.6 Å². The fourth-order valence-corrected chi connectivity index (χ4v) is 4.07. The summed E-state index contributed by atoms with van der Waals surface area (Å²) in [6.45, 7) is -6.64. The molecule has 0 spiro atoms. The van der Waals surface area contributed by atoms with Crippen molar-refractivity contribution in [2.24, 2.45) is 23.5 Å². The summed E-state index contributed by atoms with van der Waals surface area (Å²) in [5, 5.41) is 0. The van der Waals surface area contributed by atoms with Crippen LogP contribution < -0.4 is 15.2 Å². The van der Waals surface area contributed by atoms with Gasteiger partial charge < -0.3 is 19.9 Å². The SMILES string of the molecule is [2H]C([2H])([2H])Oc1cc2c(cc1OC)C([2H])([2H])C([2H])([2H])N1CC(CC(C)C)C(OC(=O)[C@@]([2H])(N)C([2H])(C([2H])([2H])[2H])C([2H])([2H])[2H])CC21. The lowest BCUT2D eigenvalue weighted by Crippen LogP contribution is -2.51. The number of aryl methyl sites for hydroxylation is 1. The Kier molecular flexibility index (Phi) is 3.26. The summed E-state index contributed by atoms with van der Waals surface area (Å²) >= 11 is 0. The molecule has 6 nitrogen and oxygen atoms in total. The molecule has 1 saturated heterocycles. The third-order valence-electron chi connectivity index (χ3n) is 5.45. The maximum atomic E-state index is 13.4. The summed E-state index contributed by atoms with van der Waals surface area (Å²) in [6.07, 6.45) is -3.88. The van der Waals surface area contributed by atoms with Crippen LogP contribution in [0.1, 0.15) is 78.1 Å². The molecule has 6 heteroatoms. The third kappa shape index (κ3) is 4.75. The molecule has 3 unspecified atom stereocenters. The van der Waals surface area contributed by atoms with E-state index in [2.05, 4.69) is 0 Å². The van der Waals surface area contributed by atoms with Gasteiger partial charge in [0.1, 0.15) is 12.1 Å². The fourth-order valence-electron chi connectivity index (χ4n) is 4.07. The first-order chi connectivity index (χ1) is 20.0. The molecule has 1 aromatic carbocycles. The quantitative estimate of drug-likeness (QED) is 0.663. The van der Waals surface area contributed by atoms with Gasteiger partial charge in [-0.05, 0) is 47.9 Å². The van der Waals surface area contributed by atoms with E-state index in [9.17, 15) is 4.79 Å².